The maximum absolute atomic E-state index is 14.7. The number of benzene rings is 1. The molecule has 14 heteroatoms. The number of hydrogen-bond donors (Lipinski definition) is 1. The van der Waals surface area contributed by atoms with Crippen molar-refractivity contribution in [2.24, 2.45) is 11.8 Å². The molecular weight excluding hydrogens is 707 g/mol. The van der Waals surface area contributed by atoms with Crippen LogP contribution in [0.15, 0.2) is 30.4 Å². The lowest BCUT2D eigenvalue weighted by Gasteiger charge is -2.36. The molecule has 0 radical (unpaired) electrons. The van der Waals surface area contributed by atoms with Crippen molar-refractivity contribution in [3.63, 3.8) is 0 Å². The lowest BCUT2D eigenvalue weighted by Crippen LogP contribution is -2.54. The van der Waals surface area contributed by atoms with Gasteiger partial charge in [-0.3, -0.25) is 14.4 Å². The van der Waals surface area contributed by atoms with Crippen molar-refractivity contribution >= 4 is 34.7 Å². The number of alkyl halides is 3. The molecule has 2 amide bonds. The molecular formula is C40H50F3N3O8. The third-order valence-electron chi connectivity index (χ3n) is 10.7. The van der Waals surface area contributed by atoms with Gasteiger partial charge in [0, 0.05) is 29.2 Å². The number of carbonyl (C=O) groups excluding carboxylic acids is 4. The Kier molecular flexibility index (Phi) is 11.0. The Hall–Kier alpha value is -4.36. The van der Waals surface area contributed by atoms with Gasteiger partial charge in [0.1, 0.15) is 34.3 Å². The number of fused-ring (bicyclic) bond motifs is 5. The van der Waals surface area contributed by atoms with E-state index in [1.807, 2.05) is 12.2 Å². The van der Waals surface area contributed by atoms with E-state index >= 15 is 0 Å². The molecule has 2 aromatic rings. The lowest BCUT2D eigenvalue weighted by molar-refractivity contribution is -0.159. The van der Waals surface area contributed by atoms with E-state index in [-0.39, 0.29) is 43.6 Å². The molecule has 1 spiro atoms. The number of aromatic nitrogens is 1. The average Bonchev–Trinajstić information content (AvgIpc) is 3.66. The average molecular weight is 758 g/mol. The number of nitrogens with zero attached hydrogens (tertiary/aromatic N) is 2. The van der Waals surface area contributed by atoms with Crippen LogP contribution in [-0.2, 0) is 35.1 Å². The molecule has 5 atom stereocenters. The minimum absolute atomic E-state index is 0.0378. The van der Waals surface area contributed by atoms with Crippen LogP contribution in [0.25, 0.3) is 10.9 Å². The summed E-state index contributed by atoms with van der Waals surface area (Å²) in [4.78, 5) is 61.8. The monoisotopic (exact) mass is 757 g/mol. The number of esters is 2. The van der Waals surface area contributed by atoms with Gasteiger partial charge < -0.3 is 29.2 Å². The predicted molar refractivity (Wildman–Crippen MR) is 192 cm³/mol. The van der Waals surface area contributed by atoms with Gasteiger partial charge >= 0.3 is 18.1 Å². The normalized spacial score (nSPS) is 28.1. The van der Waals surface area contributed by atoms with Crippen LogP contribution in [-0.4, -0.2) is 82.4 Å². The highest BCUT2D eigenvalue weighted by Crippen LogP contribution is 2.48. The maximum atomic E-state index is 14.7. The number of aryl methyl sites for hydroxylation is 2. The zero-order chi connectivity index (χ0) is 39.1. The molecule has 0 bridgehead atoms. The number of ether oxygens (including phenoxy) is 4. The second-order valence-electron chi connectivity index (χ2n) is 16.1. The highest BCUT2D eigenvalue weighted by atomic mass is 19.4. The zero-order valence-corrected chi connectivity index (χ0v) is 31.6. The van der Waals surface area contributed by atoms with Gasteiger partial charge in [0.25, 0.3) is 0 Å². The quantitative estimate of drug-likeness (QED) is 0.261. The molecule has 1 saturated carbocycles. The van der Waals surface area contributed by atoms with E-state index in [2.05, 4.69) is 10.3 Å². The number of rotatable bonds is 6. The lowest BCUT2D eigenvalue weighted by atomic mass is 9.87. The number of halogens is 3. The van der Waals surface area contributed by atoms with Crippen LogP contribution in [0.3, 0.4) is 0 Å². The first kappa shape index (κ1) is 39.3. The highest BCUT2D eigenvalue weighted by molar-refractivity contribution is 5.96. The van der Waals surface area contributed by atoms with E-state index in [9.17, 15) is 32.3 Å². The highest BCUT2D eigenvalue weighted by Gasteiger charge is 2.63. The zero-order valence-electron chi connectivity index (χ0n) is 31.6. The van der Waals surface area contributed by atoms with E-state index in [1.165, 1.54) is 17.0 Å². The smallest absolute Gasteiger partial charge is 0.422 e. The summed E-state index contributed by atoms with van der Waals surface area (Å²) < 4.78 is 61.6. The Bertz CT molecular complexity index is 1820. The molecule has 294 valence electrons. The molecule has 1 aliphatic carbocycles. The Morgan fingerprint density at radius 2 is 1.89 bits per heavy atom. The van der Waals surface area contributed by atoms with Gasteiger partial charge in [0.15, 0.2) is 6.61 Å². The predicted octanol–water partition coefficient (Wildman–Crippen LogP) is 6.46. The Labute approximate surface area is 313 Å². The summed E-state index contributed by atoms with van der Waals surface area (Å²) in [6.07, 6.45) is 4.18. The fourth-order valence-electron chi connectivity index (χ4n) is 8.09. The molecule has 2 fully saturated rings. The first-order valence-electron chi connectivity index (χ1n) is 18.9. The molecule has 1 aromatic carbocycles. The fourth-order valence-corrected chi connectivity index (χ4v) is 8.09. The molecule has 3 aliphatic heterocycles. The number of nitrogens with one attached hydrogen (secondary N) is 1. The molecule has 1 aromatic heterocycles. The molecule has 1 saturated heterocycles. The minimum Gasteiger partial charge on any atom is -0.484 e. The topological polar surface area (TPSA) is 133 Å². The molecule has 54 heavy (non-hydrogen) atoms. The maximum Gasteiger partial charge on any atom is 0.422 e. The van der Waals surface area contributed by atoms with Crippen LogP contribution in [0.2, 0.25) is 0 Å². The summed E-state index contributed by atoms with van der Waals surface area (Å²) in [6.45, 7) is 7.52. The molecule has 11 nitrogen and oxygen atoms in total. The van der Waals surface area contributed by atoms with Gasteiger partial charge in [-0.1, -0.05) is 25.0 Å². The molecule has 0 unspecified atom stereocenters. The number of hydrogen-bond acceptors (Lipinski definition) is 9. The summed E-state index contributed by atoms with van der Waals surface area (Å²) in [7, 11) is 0. The first-order chi connectivity index (χ1) is 25.4. The molecule has 6 rings (SSSR count). The third kappa shape index (κ3) is 8.62. The van der Waals surface area contributed by atoms with Gasteiger partial charge in [0.2, 0.25) is 11.8 Å². The number of amides is 2. The fraction of sp³-hybridized carbons (Fsp3) is 0.625. The van der Waals surface area contributed by atoms with Gasteiger partial charge in [0.05, 0.1) is 30.8 Å². The summed E-state index contributed by atoms with van der Waals surface area (Å²) in [5, 5.41) is 3.58. The largest absolute Gasteiger partial charge is 0.484 e. The van der Waals surface area contributed by atoms with Gasteiger partial charge in [-0.05, 0) is 91.3 Å². The van der Waals surface area contributed by atoms with Crippen LogP contribution in [0.4, 0.5) is 13.2 Å². The molecule has 1 N–H and O–H groups in total. The Morgan fingerprint density at radius 1 is 1.11 bits per heavy atom. The Morgan fingerprint density at radius 3 is 2.61 bits per heavy atom. The Balaban J connectivity index is 1.35. The van der Waals surface area contributed by atoms with Crippen molar-refractivity contribution in [3.05, 3.63) is 41.6 Å². The first-order valence-corrected chi connectivity index (χ1v) is 18.9. The summed E-state index contributed by atoms with van der Waals surface area (Å²) in [5.41, 5.74) is -1.16. The summed E-state index contributed by atoms with van der Waals surface area (Å²) in [6, 6.07) is 3.55. The van der Waals surface area contributed by atoms with E-state index in [4.69, 9.17) is 18.9 Å². The standard InChI is InChI=1S/C40H50F3N3O8/c1-6-51-36(50)39-20-26(39)13-11-9-7-8-10-12-25(18-32(47)53-37(3,4)5)35(49)46-22-38(21-31(46)34(48)45-39)17-16-28-29-19-27(52-23-40(41,42)43)14-15-30(29)44-24(2)33(28)54-38/h11,13-15,19,25-26,31H,6-10,12,16-18,20-23H2,1-5H3,(H,45,48)/b13-11-/t25-,26-,31+,38-,39-/m1/s1. The van der Waals surface area contributed by atoms with E-state index in [1.54, 1.807) is 40.7 Å². The SMILES string of the molecule is CCOC(=O)[C@@]12C[C@H]1/C=C\CCCCC[C@H](CC(=O)OC(C)(C)C)C(=O)N1C[C@@]3(CCc4c(c(C)nc5ccc(OCC(F)(F)F)cc45)O3)C[C@H]1C(=O)N2. The molecule has 4 aliphatic rings. The second-order valence-corrected chi connectivity index (χ2v) is 16.1. The van der Waals surface area contributed by atoms with Crippen molar-refractivity contribution in [2.45, 2.75) is 128 Å². The van der Waals surface area contributed by atoms with Crippen LogP contribution in [0.5, 0.6) is 11.5 Å². The van der Waals surface area contributed by atoms with Crippen molar-refractivity contribution in [2.75, 3.05) is 19.8 Å². The van der Waals surface area contributed by atoms with Crippen LogP contribution in [0.1, 0.15) is 96.7 Å². The van der Waals surface area contributed by atoms with Gasteiger partial charge in [-0.15, -0.1) is 0 Å². The number of carbonyl (C=O) groups is 4. The summed E-state index contributed by atoms with van der Waals surface area (Å²) >= 11 is 0. The van der Waals surface area contributed by atoms with Crippen molar-refractivity contribution in [3.8, 4) is 11.5 Å². The van der Waals surface area contributed by atoms with Gasteiger partial charge in [-0.2, -0.15) is 13.2 Å². The van der Waals surface area contributed by atoms with Crippen LogP contribution < -0.4 is 14.8 Å². The summed E-state index contributed by atoms with van der Waals surface area (Å²) in [5.74, 6) is -2.43. The third-order valence-corrected chi connectivity index (χ3v) is 10.7. The molecule has 4 heterocycles. The van der Waals surface area contributed by atoms with Gasteiger partial charge in [-0.25, -0.2) is 9.78 Å². The van der Waals surface area contributed by atoms with Crippen molar-refractivity contribution in [1.82, 2.24) is 15.2 Å². The van der Waals surface area contributed by atoms with Crippen LogP contribution in [0, 0.1) is 18.8 Å². The van der Waals surface area contributed by atoms with E-state index in [0.29, 0.717) is 54.5 Å². The van der Waals surface area contributed by atoms with Crippen molar-refractivity contribution < 1.29 is 51.3 Å². The number of pyridine rings is 1. The number of allylic oxidation sites excluding steroid dienone is 1. The van der Waals surface area contributed by atoms with E-state index < -0.39 is 59.3 Å². The van der Waals surface area contributed by atoms with Crippen molar-refractivity contribution in [1.29, 1.82) is 0 Å². The minimum atomic E-state index is -4.50. The second kappa shape index (κ2) is 15.1. The van der Waals surface area contributed by atoms with E-state index in [0.717, 1.165) is 24.8 Å². The van der Waals surface area contributed by atoms with Crippen LogP contribution >= 0.6 is 0 Å².